The lowest BCUT2D eigenvalue weighted by atomic mass is 10.0. The molecular formula is C18H24N4O. The lowest BCUT2D eigenvalue weighted by Gasteiger charge is -2.32. The molecule has 5 heteroatoms. The molecule has 0 bridgehead atoms. The Labute approximate surface area is 137 Å². The number of carbonyl (C=O) groups excluding carboxylic acids is 1. The molecule has 5 nitrogen and oxygen atoms in total. The fourth-order valence-corrected chi connectivity index (χ4v) is 3.01. The first-order valence-electron chi connectivity index (χ1n) is 8.27. The van der Waals surface area contributed by atoms with E-state index in [4.69, 9.17) is 0 Å². The van der Waals surface area contributed by atoms with Crippen molar-refractivity contribution in [2.24, 2.45) is 0 Å². The van der Waals surface area contributed by atoms with Gasteiger partial charge in [0.05, 0.1) is 6.33 Å². The van der Waals surface area contributed by atoms with Gasteiger partial charge in [-0.3, -0.25) is 0 Å². The molecule has 0 radical (unpaired) electrons. The highest BCUT2D eigenvalue weighted by atomic mass is 16.2. The maximum atomic E-state index is 12.4. The summed E-state index contributed by atoms with van der Waals surface area (Å²) in [6, 6.07) is 8.55. The minimum Gasteiger partial charge on any atom is -0.334 e. The Morgan fingerprint density at radius 3 is 2.48 bits per heavy atom. The molecule has 0 aliphatic carbocycles. The fraction of sp³-hybridized carbons (Fsp3) is 0.444. The number of anilines is 1. The van der Waals surface area contributed by atoms with Gasteiger partial charge in [0, 0.05) is 37.2 Å². The van der Waals surface area contributed by atoms with Crippen LogP contribution in [0, 0.1) is 0 Å². The van der Waals surface area contributed by atoms with E-state index in [0.29, 0.717) is 12.0 Å². The first-order chi connectivity index (χ1) is 11.1. The van der Waals surface area contributed by atoms with Gasteiger partial charge in [-0.05, 0) is 36.5 Å². The van der Waals surface area contributed by atoms with Crippen molar-refractivity contribution in [1.82, 2.24) is 14.5 Å². The summed E-state index contributed by atoms with van der Waals surface area (Å²) in [6.45, 7) is 5.88. The Balaban J connectivity index is 1.53. The summed E-state index contributed by atoms with van der Waals surface area (Å²) in [6.07, 6.45) is 7.60. The minimum atomic E-state index is -0.00798. The third kappa shape index (κ3) is 3.73. The number of piperidine rings is 1. The second kappa shape index (κ2) is 6.86. The summed E-state index contributed by atoms with van der Waals surface area (Å²) in [7, 11) is 0. The Kier molecular flexibility index (Phi) is 4.65. The summed E-state index contributed by atoms with van der Waals surface area (Å²) >= 11 is 0. The lowest BCUT2D eigenvalue weighted by Crippen LogP contribution is -2.41. The van der Waals surface area contributed by atoms with E-state index in [9.17, 15) is 4.79 Å². The maximum absolute atomic E-state index is 12.4. The van der Waals surface area contributed by atoms with Crippen molar-refractivity contribution in [2.75, 3.05) is 18.4 Å². The molecule has 1 aliphatic heterocycles. The van der Waals surface area contributed by atoms with Gasteiger partial charge in [0.15, 0.2) is 0 Å². The number of nitrogens with one attached hydrogen (secondary N) is 1. The van der Waals surface area contributed by atoms with Crippen molar-refractivity contribution in [2.45, 2.75) is 38.6 Å². The van der Waals surface area contributed by atoms with Gasteiger partial charge < -0.3 is 14.8 Å². The van der Waals surface area contributed by atoms with E-state index >= 15 is 0 Å². The second-order valence-corrected chi connectivity index (χ2v) is 6.43. The van der Waals surface area contributed by atoms with E-state index in [1.807, 2.05) is 29.6 Å². The van der Waals surface area contributed by atoms with Crippen molar-refractivity contribution >= 4 is 11.7 Å². The molecule has 2 aromatic rings. The van der Waals surface area contributed by atoms with Crippen LogP contribution in [0.4, 0.5) is 10.5 Å². The number of hydrogen-bond acceptors (Lipinski definition) is 2. The van der Waals surface area contributed by atoms with Crippen LogP contribution in [0.5, 0.6) is 0 Å². The number of carbonyl (C=O) groups is 1. The molecule has 1 fully saturated rings. The first kappa shape index (κ1) is 15.6. The molecule has 0 saturated carbocycles. The summed E-state index contributed by atoms with van der Waals surface area (Å²) in [5, 5.41) is 3.00. The average molecular weight is 312 g/mol. The van der Waals surface area contributed by atoms with E-state index in [1.54, 1.807) is 6.20 Å². The second-order valence-electron chi connectivity index (χ2n) is 6.43. The van der Waals surface area contributed by atoms with Crippen LogP contribution in [0.3, 0.4) is 0 Å². The zero-order valence-corrected chi connectivity index (χ0v) is 13.8. The molecule has 1 aliphatic rings. The molecule has 1 aromatic carbocycles. The fourth-order valence-electron chi connectivity index (χ4n) is 3.01. The summed E-state index contributed by atoms with van der Waals surface area (Å²) in [4.78, 5) is 18.4. The quantitative estimate of drug-likeness (QED) is 0.935. The van der Waals surface area contributed by atoms with Crippen molar-refractivity contribution in [3.8, 4) is 0 Å². The molecule has 1 saturated heterocycles. The van der Waals surface area contributed by atoms with Crippen LogP contribution in [0.15, 0.2) is 43.0 Å². The van der Waals surface area contributed by atoms with Gasteiger partial charge in [-0.1, -0.05) is 26.0 Å². The lowest BCUT2D eigenvalue weighted by molar-refractivity contribution is 0.183. The van der Waals surface area contributed by atoms with E-state index in [2.05, 4.69) is 40.8 Å². The molecule has 0 atom stereocenters. The first-order valence-corrected chi connectivity index (χ1v) is 8.27. The number of hydrogen-bond donors (Lipinski definition) is 1. The highest BCUT2D eigenvalue weighted by Crippen LogP contribution is 2.23. The van der Waals surface area contributed by atoms with E-state index in [1.165, 1.54) is 5.56 Å². The maximum Gasteiger partial charge on any atom is 0.321 e. The van der Waals surface area contributed by atoms with Crippen LogP contribution >= 0.6 is 0 Å². The van der Waals surface area contributed by atoms with Crippen LogP contribution in [0.25, 0.3) is 0 Å². The molecule has 122 valence electrons. The Hall–Kier alpha value is -2.30. The molecule has 1 aromatic heterocycles. The van der Waals surface area contributed by atoms with Crippen molar-refractivity contribution < 1.29 is 4.79 Å². The standard InChI is InChI=1S/C18H24N4O/c1-14(2)15-3-5-16(6-4-15)20-18(23)21-10-7-17(8-11-21)22-12-9-19-13-22/h3-6,9,12-14,17H,7-8,10-11H2,1-2H3,(H,20,23). The zero-order valence-electron chi connectivity index (χ0n) is 13.8. The predicted molar refractivity (Wildman–Crippen MR) is 91.6 cm³/mol. The monoisotopic (exact) mass is 312 g/mol. The summed E-state index contributed by atoms with van der Waals surface area (Å²) in [5.41, 5.74) is 2.14. The van der Waals surface area contributed by atoms with E-state index < -0.39 is 0 Å². The van der Waals surface area contributed by atoms with Gasteiger partial charge in [-0.25, -0.2) is 9.78 Å². The normalized spacial score (nSPS) is 15.9. The Morgan fingerprint density at radius 1 is 1.22 bits per heavy atom. The van der Waals surface area contributed by atoms with Gasteiger partial charge in [-0.15, -0.1) is 0 Å². The van der Waals surface area contributed by atoms with E-state index in [-0.39, 0.29) is 6.03 Å². The van der Waals surface area contributed by atoms with Gasteiger partial charge >= 0.3 is 6.03 Å². The van der Waals surface area contributed by atoms with Gasteiger partial charge in [0.25, 0.3) is 0 Å². The van der Waals surface area contributed by atoms with Gasteiger partial charge in [-0.2, -0.15) is 0 Å². The van der Waals surface area contributed by atoms with E-state index in [0.717, 1.165) is 31.6 Å². The Bertz CT molecular complexity index is 626. The number of aromatic nitrogens is 2. The average Bonchev–Trinajstić information content (AvgIpc) is 3.10. The SMILES string of the molecule is CC(C)c1ccc(NC(=O)N2CCC(n3ccnc3)CC2)cc1. The number of nitrogens with zero attached hydrogens (tertiary/aromatic N) is 3. The van der Waals surface area contributed by atoms with Crippen LogP contribution < -0.4 is 5.32 Å². The molecule has 0 unspecified atom stereocenters. The molecule has 2 heterocycles. The van der Waals surface area contributed by atoms with Crippen LogP contribution in [-0.2, 0) is 0 Å². The van der Waals surface area contributed by atoms with Gasteiger partial charge in [0.2, 0.25) is 0 Å². The number of urea groups is 1. The molecule has 0 spiro atoms. The number of likely N-dealkylation sites (tertiary alicyclic amines) is 1. The topological polar surface area (TPSA) is 50.2 Å². The van der Waals surface area contributed by atoms with Gasteiger partial charge in [0.1, 0.15) is 0 Å². The van der Waals surface area contributed by atoms with Crippen molar-refractivity contribution in [1.29, 1.82) is 0 Å². The number of amides is 2. The minimum absolute atomic E-state index is 0.00798. The predicted octanol–water partition coefficient (Wildman–Crippen LogP) is 3.88. The summed E-state index contributed by atoms with van der Waals surface area (Å²) < 4.78 is 2.14. The van der Waals surface area contributed by atoms with Crippen LogP contribution in [-0.4, -0.2) is 33.6 Å². The highest BCUT2D eigenvalue weighted by Gasteiger charge is 2.23. The summed E-state index contributed by atoms with van der Waals surface area (Å²) in [5.74, 6) is 0.502. The largest absolute Gasteiger partial charge is 0.334 e. The highest BCUT2D eigenvalue weighted by molar-refractivity contribution is 5.89. The molecule has 23 heavy (non-hydrogen) atoms. The number of imidazole rings is 1. The van der Waals surface area contributed by atoms with Crippen molar-refractivity contribution in [3.63, 3.8) is 0 Å². The van der Waals surface area contributed by atoms with Crippen LogP contribution in [0.1, 0.15) is 44.2 Å². The molecule has 3 rings (SSSR count). The van der Waals surface area contributed by atoms with Crippen LogP contribution in [0.2, 0.25) is 0 Å². The van der Waals surface area contributed by atoms with Crippen molar-refractivity contribution in [3.05, 3.63) is 48.5 Å². The molecule has 2 amide bonds. The molecular weight excluding hydrogens is 288 g/mol. The Morgan fingerprint density at radius 2 is 1.91 bits per heavy atom. The molecule has 1 N–H and O–H groups in total. The smallest absolute Gasteiger partial charge is 0.321 e. The third-order valence-corrected chi connectivity index (χ3v) is 4.53. The zero-order chi connectivity index (χ0) is 16.2. The number of rotatable bonds is 3. The third-order valence-electron chi connectivity index (χ3n) is 4.53. The number of benzene rings is 1.